The molecule has 20 heavy (non-hydrogen) atoms. The molecule has 1 aromatic carbocycles. The van der Waals surface area contributed by atoms with E-state index in [2.05, 4.69) is 0 Å². The van der Waals surface area contributed by atoms with E-state index in [-0.39, 0.29) is 18.3 Å². The molecular weight excluding hydrogens is 279 g/mol. The second kappa shape index (κ2) is 5.78. The second-order valence-electron chi connectivity index (χ2n) is 5.33. The zero-order valence-corrected chi connectivity index (χ0v) is 12.5. The number of rotatable bonds is 7. The number of benzene rings is 1. The first-order chi connectivity index (χ1) is 9.35. The summed E-state index contributed by atoms with van der Waals surface area (Å²) in [6.07, 6.45) is 0.951. The molecule has 0 aliphatic heterocycles. The van der Waals surface area contributed by atoms with Crippen LogP contribution in [0, 0.1) is 5.92 Å². The van der Waals surface area contributed by atoms with Crippen molar-refractivity contribution >= 4 is 13.6 Å². The zero-order chi connectivity index (χ0) is 14.8. The van der Waals surface area contributed by atoms with Gasteiger partial charge < -0.3 is 4.89 Å². The third kappa shape index (κ3) is 3.76. The van der Waals surface area contributed by atoms with Crippen molar-refractivity contribution in [3.63, 3.8) is 0 Å². The average molecular weight is 298 g/mol. The van der Waals surface area contributed by atoms with E-state index in [1.54, 1.807) is 26.0 Å². The lowest BCUT2D eigenvalue weighted by molar-refractivity contribution is -0.131. The van der Waals surface area contributed by atoms with E-state index in [9.17, 15) is 14.3 Å². The number of hydrogen-bond donors (Lipinski definition) is 1. The Morgan fingerprint density at radius 1 is 1.35 bits per heavy atom. The Hall–Kier alpha value is -1.00. The first-order valence-corrected chi connectivity index (χ1v) is 8.10. The lowest BCUT2D eigenvalue weighted by atomic mass is 10.0. The van der Waals surface area contributed by atoms with Crippen LogP contribution >= 0.6 is 7.82 Å². The van der Waals surface area contributed by atoms with Crippen molar-refractivity contribution in [1.82, 2.24) is 0 Å². The fourth-order valence-electron chi connectivity index (χ4n) is 2.00. The van der Waals surface area contributed by atoms with Crippen molar-refractivity contribution in [3.8, 4) is 0 Å². The van der Waals surface area contributed by atoms with Gasteiger partial charge in [-0.1, -0.05) is 44.2 Å². The van der Waals surface area contributed by atoms with Crippen molar-refractivity contribution in [2.75, 3.05) is 0 Å². The Bertz CT molecular complexity index is 522. The van der Waals surface area contributed by atoms with Gasteiger partial charge in [-0.15, -0.1) is 0 Å². The van der Waals surface area contributed by atoms with Gasteiger partial charge in [-0.2, -0.15) is 0 Å². The van der Waals surface area contributed by atoms with E-state index in [1.807, 2.05) is 18.2 Å². The van der Waals surface area contributed by atoms with Crippen LogP contribution in [-0.4, -0.2) is 16.3 Å². The maximum atomic E-state index is 12.0. The Morgan fingerprint density at radius 3 is 2.45 bits per heavy atom. The SMILES string of the molecule is CC(C)C(=O)C1(OP(=O)(O)OCc2ccccc2)CC1. The van der Waals surface area contributed by atoms with Gasteiger partial charge in [-0.3, -0.25) is 13.8 Å². The Kier molecular flexibility index (Phi) is 4.45. The highest BCUT2D eigenvalue weighted by Crippen LogP contribution is 2.56. The van der Waals surface area contributed by atoms with Gasteiger partial charge in [0, 0.05) is 5.92 Å². The van der Waals surface area contributed by atoms with Gasteiger partial charge >= 0.3 is 7.82 Å². The van der Waals surface area contributed by atoms with Crippen LogP contribution in [0.3, 0.4) is 0 Å². The standard InChI is InChI=1S/C14H19O5P/c1-11(2)13(15)14(8-9-14)19-20(16,17)18-10-12-6-4-3-5-7-12/h3-7,11H,8-10H2,1-2H3,(H,16,17). The summed E-state index contributed by atoms with van der Waals surface area (Å²) in [5.41, 5.74) is -0.347. The second-order valence-corrected chi connectivity index (χ2v) is 6.71. The van der Waals surface area contributed by atoms with Gasteiger partial charge in [-0.05, 0) is 18.4 Å². The predicted molar refractivity (Wildman–Crippen MR) is 74.0 cm³/mol. The fourth-order valence-corrected chi connectivity index (χ4v) is 3.08. The van der Waals surface area contributed by atoms with E-state index in [0.717, 1.165) is 5.56 Å². The summed E-state index contributed by atoms with van der Waals surface area (Å²) in [5, 5.41) is 0. The lowest BCUT2D eigenvalue weighted by Gasteiger charge is -2.20. The molecule has 1 atom stereocenters. The fraction of sp³-hybridized carbons (Fsp3) is 0.500. The van der Waals surface area contributed by atoms with Crippen molar-refractivity contribution in [2.45, 2.75) is 38.9 Å². The van der Waals surface area contributed by atoms with Gasteiger partial charge in [0.2, 0.25) is 0 Å². The van der Waals surface area contributed by atoms with Crippen LogP contribution in [0.2, 0.25) is 0 Å². The van der Waals surface area contributed by atoms with Crippen LogP contribution in [0.25, 0.3) is 0 Å². The molecule has 1 N–H and O–H groups in total. The first-order valence-electron chi connectivity index (χ1n) is 6.61. The largest absolute Gasteiger partial charge is 0.473 e. The molecular formula is C14H19O5P. The number of carbonyl (C=O) groups is 1. The molecule has 0 bridgehead atoms. The van der Waals surface area contributed by atoms with Crippen LogP contribution in [0.5, 0.6) is 0 Å². The molecule has 0 amide bonds. The third-order valence-corrected chi connectivity index (χ3v) is 4.24. The van der Waals surface area contributed by atoms with Gasteiger partial charge in [0.1, 0.15) is 5.60 Å². The summed E-state index contributed by atoms with van der Waals surface area (Å²) >= 11 is 0. The smallest absolute Gasteiger partial charge is 0.302 e. The highest BCUT2D eigenvalue weighted by molar-refractivity contribution is 7.47. The van der Waals surface area contributed by atoms with Crippen molar-refractivity contribution in [1.29, 1.82) is 0 Å². The van der Waals surface area contributed by atoms with E-state index in [1.165, 1.54) is 0 Å². The van der Waals surface area contributed by atoms with Crippen molar-refractivity contribution < 1.29 is 23.3 Å². The third-order valence-electron chi connectivity index (χ3n) is 3.20. The van der Waals surface area contributed by atoms with Gasteiger partial charge in [0.05, 0.1) is 6.61 Å². The minimum absolute atomic E-state index is 0.0272. The summed E-state index contributed by atoms with van der Waals surface area (Å²) in [6.45, 7) is 3.47. The molecule has 0 heterocycles. The summed E-state index contributed by atoms with van der Waals surface area (Å²) in [5.74, 6) is -0.373. The maximum Gasteiger partial charge on any atom is 0.473 e. The summed E-state index contributed by atoms with van der Waals surface area (Å²) < 4.78 is 22.0. The molecule has 110 valence electrons. The normalized spacial score (nSPS) is 19.6. The summed E-state index contributed by atoms with van der Waals surface area (Å²) in [7, 11) is -4.23. The Morgan fingerprint density at radius 2 is 1.95 bits per heavy atom. The van der Waals surface area contributed by atoms with Crippen LogP contribution in [0.4, 0.5) is 0 Å². The highest BCUT2D eigenvalue weighted by atomic mass is 31.2. The van der Waals surface area contributed by atoms with Crippen molar-refractivity contribution in [3.05, 3.63) is 35.9 Å². The van der Waals surface area contributed by atoms with Crippen LogP contribution < -0.4 is 0 Å². The van der Waals surface area contributed by atoms with Crippen LogP contribution in [0.15, 0.2) is 30.3 Å². The molecule has 6 heteroatoms. The van der Waals surface area contributed by atoms with Crippen LogP contribution in [-0.2, 0) is 25.0 Å². The van der Waals surface area contributed by atoms with Crippen LogP contribution in [0.1, 0.15) is 32.3 Å². The number of phosphoric ester groups is 1. The molecule has 0 radical (unpaired) electrons. The number of carbonyl (C=O) groups excluding carboxylic acids is 1. The molecule has 1 aliphatic rings. The molecule has 1 unspecified atom stereocenters. The van der Waals surface area contributed by atoms with E-state index >= 15 is 0 Å². The highest BCUT2D eigenvalue weighted by Gasteiger charge is 2.56. The maximum absolute atomic E-state index is 12.0. The minimum atomic E-state index is -4.23. The molecule has 0 spiro atoms. The number of ketones is 1. The van der Waals surface area contributed by atoms with Gasteiger partial charge in [-0.25, -0.2) is 4.57 Å². The summed E-state index contributed by atoms with van der Waals surface area (Å²) in [4.78, 5) is 21.7. The molecule has 0 saturated heterocycles. The van der Waals surface area contributed by atoms with E-state index in [0.29, 0.717) is 12.8 Å². The molecule has 0 aromatic heterocycles. The lowest BCUT2D eigenvalue weighted by Crippen LogP contribution is -2.29. The van der Waals surface area contributed by atoms with Crippen molar-refractivity contribution in [2.24, 2.45) is 5.92 Å². The number of phosphoric acid groups is 1. The topological polar surface area (TPSA) is 72.8 Å². The quantitative estimate of drug-likeness (QED) is 0.783. The van der Waals surface area contributed by atoms with E-state index < -0.39 is 13.4 Å². The Balaban J connectivity index is 1.95. The molecule has 1 aromatic rings. The number of hydrogen-bond acceptors (Lipinski definition) is 4. The monoisotopic (exact) mass is 298 g/mol. The summed E-state index contributed by atoms with van der Waals surface area (Å²) in [6, 6.07) is 9.04. The van der Waals surface area contributed by atoms with Gasteiger partial charge in [0.25, 0.3) is 0 Å². The van der Waals surface area contributed by atoms with E-state index in [4.69, 9.17) is 9.05 Å². The molecule has 1 aliphatic carbocycles. The molecule has 5 nitrogen and oxygen atoms in total. The van der Waals surface area contributed by atoms with Gasteiger partial charge in [0.15, 0.2) is 5.78 Å². The minimum Gasteiger partial charge on any atom is -0.302 e. The number of Topliss-reactive ketones (excluding diaryl/α,β-unsaturated/α-hetero) is 1. The molecule has 1 fully saturated rings. The zero-order valence-electron chi connectivity index (χ0n) is 11.6. The Labute approximate surface area is 118 Å². The predicted octanol–water partition coefficient (Wildman–Crippen LogP) is 3.08. The first kappa shape index (κ1) is 15.4. The molecule has 1 saturated carbocycles. The average Bonchev–Trinajstić information content (AvgIpc) is 3.17. The molecule has 2 rings (SSSR count).